The van der Waals surface area contributed by atoms with E-state index in [4.69, 9.17) is 5.73 Å². The maximum Gasteiger partial charge on any atom is 0.161 e. The monoisotopic (exact) mass is 216 g/mol. The highest BCUT2D eigenvalue weighted by Gasteiger charge is 2.21. The largest absolute Gasteiger partial charge is 0.326 e. The van der Waals surface area contributed by atoms with E-state index < -0.39 is 0 Å². The van der Waals surface area contributed by atoms with Gasteiger partial charge in [0.1, 0.15) is 5.82 Å². The fourth-order valence-corrected chi connectivity index (χ4v) is 2.54. The zero-order chi connectivity index (χ0) is 11.0. The van der Waals surface area contributed by atoms with Crippen LogP contribution in [-0.2, 0) is 6.54 Å². The first-order valence-corrected chi connectivity index (χ1v) is 5.92. The lowest BCUT2D eigenvalue weighted by atomic mass is 10.1. The van der Waals surface area contributed by atoms with Crippen molar-refractivity contribution in [3.8, 4) is 0 Å². The standard InChI is InChI=1S/C12H16N4/c13-8-9-5-6-16-11(7-9)14-15-12(16)10-3-1-2-4-10/h5-7,10H,1-4,8,13H2. The SMILES string of the molecule is NCc1ccn2c(C3CCCC3)nnc2c1. The van der Waals surface area contributed by atoms with Crippen molar-refractivity contribution in [2.75, 3.05) is 0 Å². The first-order chi connectivity index (χ1) is 7.88. The molecular formula is C12H16N4. The molecule has 1 aliphatic carbocycles. The molecule has 2 N–H and O–H groups in total. The molecule has 1 aliphatic rings. The second-order valence-electron chi connectivity index (χ2n) is 4.51. The van der Waals surface area contributed by atoms with E-state index in [1.807, 2.05) is 12.3 Å². The molecule has 2 aromatic rings. The molecule has 0 amide bonds. The van der Waals surface area contributed by atoms with Gasteiger partial charge >= 0.3 is 0 Å². The number of hydrogen-bond donors (Lipinski definition) is 1. The molecule has 0 spiro atoms. The first kappa shape index (κ1) is 9.78. The third-order valence-corrected chi connectivity index (χ3v) is 3.46. The van der Waals surface area contributed by atoms with Gasteiger partial charge in [0.05, 0.1) is 0 Å². The fourth-order valence-electron chi connectivity index (χ4n) is 2.54. The predicted molar refractivity (Wildman–Crippen MR) is 62.1 cm³/mol. The van der Waals surface area contributed by atoms with Crippen molar-refractivity contribution in [3.63, 3.8) is 0 Å². The van der Waals surface area contributed by atoms with Crippen LogP contribution in [0.1, 0.15) is 43.0 Å². The summed E-state index contributed by atoms with van der Waals surface area (Å²) in [6.07, 6.45) is 7.19. The number of nitrogens with zero attached hydrogens (tertiary/aromatic N) is 3. The van der Waals surface area contributed by atoms with E-state index in [0.717, 1.165) is 17.0 Å². The average molecular weight is 216 g/mol. The Hall–Kier alpha value is -1.42. The second kappa shape index (κ2) is 3.87. The average Bonchev–Trinajstić information content (AvgIpc) is 2.96. The van der Waals surface area contributed by atoms with Crippen molar-refractivity contribution in [1.29, 1.82) is 0 Å². The molecule has 1 fully saturated rings. The summed E-state index contributed by atoms with van der Waals surface area (Å²) in [5, 5.41) is 8.55. The molecule has 1 saturated carbocycles. The summed E-state index contributed by atoms with van der Waals surface area (Å²) < 4.78 is 2.11. The van der Waals surface area contributed by atoms with Gasteiger partial charge in [0, 0.05) is 18.7 Å². The van der Waals surface area contributed by atoms with Crippen molar-refractivity contribution in [3.05, 3.63) is 29.7 Å². The van der Waals surface area contributed by atoms with Gasteiger partial charge in [-0.3, -0.25) is 4.40 Å². The summed E-state index contributed by atoms with van der Waals surface area (Å²) in [5.41, 5.74) is 7.64. The van der Waals surface area contributed by atoms with Crippen LogP contribution < -0.4 is 5.73 Å². The Labute approximate surface area is 94.5 Å². The topological polar surface area (TPSA) is 56.2 Å². The summed E-state index contributed by atoms with van der Waals surface area (Å²) in [7, 11) is 0. The maximum absolute atomic E-state index is 5.61. The van der Waals surface area contributed by atoms with Gasteiger partial charge in [0.2, 0.25) is 0 Å². The molecule has 0 aromatic carbocycles. The van der Waals surface area contributed by atoms with Crippen LogP contribution in [-0.4, -0.2) is 14.6 Å². The molecule has 0 unspecified atom stereocenters. The van der Waals surface area contributed by atoms with E-state index in [0.29, 0.717) is 12.5 Å². The Morgan fingerprint density at radius 2 is 2.12 bits per heavy atom. The van der Waals surface area contributed by atoms with E-state index in [2.05, 4.69) is 20.7 Å². The van der Waals surface area contributed by atoms with E-state index >= 15 is 0 Å². The third kappa shape index (κ3) is 1.50. The van der Waals surface area contributed by atoms with Crippen LogP contribution in [0.3, 0.4) is 0 Å². The molecule has 4 nitrogen and oxygen atoms in total. The highest BCUT2D eigenvalue weighted by atomic mass is 15.2. The number of nitrogens with two attached hydrogens (primary N) is 1. The van der Waals surface area contributed by atoms with Crippen LogP contribution in [0.4, 0.5) is 0 Å². The highest BCUT2D eigenvalue weighted by Crippen LogP contribution is 2.33. The van der Waals surface area contributed by atoms with Gasteiger partial charge in [-0.1, -0.05) is 12.8 Å². The van der Waals surface area contributed by atoms with Crippen LogP contribution in [0.25, 0.3) is 5.65 Å². The van der Waals surface area contributed by atoms with Crippen molar-refractivity contribution in [1.82, 2.24) is 14.6 Å². The minimum absolute atomic E-state index is 0.558. The van der Waals surface area contributed by atoms with Crippen LogP contribution in [0, 0.1) is 0 Å². The Morgan fingerprint density at radius 1 is 1.31 bits per heavy atom. The lowest BCUT2D eigenvalue weighted by Crippen LogP contribution is -2.01. The van der Waals surface area contributed by atoms with Gasteiger partial charge < -0.3 is 5.73 Å². The van der Waals surface area contributed by atoms with Crippen molar-refractivity contribution in [2.24, 2.45) is 5.73 Å². The summed E-state index contributed by atoms with van der Waals surface area (Å²) in [4.78, 5) is 0. The lowest BCUT2D eigenvalue weighted by molar-refractivity contribution is 0.658. The number of fused-ring (bicyclic) bond motifs is 1. The van der Waals surface area contributed by atoms with Gasteiger partial charge in [0.25, 0.3) is 0 Å². The van der Waals surface area contributed by atoms with Crippen molar-refractivity contribution in [2.45, 2.75) is 38.1 Å². The minimum Gasteiger partial charge on any atom is -0.326 e. The zero-order valence-corrected chi connectivity index (χ0v) is 9.26. The number of aromatic nitrogens is 3. The molecule has 0 aliphatic heterocycles. The van der Waals surface area contributed by atoms with Gasteiger partial charge in [0.15, 0.2) is 5.65 Å². The van der Waals surface area contributed by atoms with Gasteiger partial charge in [-0.2, -0.15) is 0 Å². The first-order valence-electron chi connectivity index (χ1n) is 5.92. The van der Waals surface area contributed by atoms with E-state index in [-0.39, 0.29) is 0 Å². The highest BCUT2D eigenvalue weighted by molar-refractivity contribution is 5.41. The Morgan fingerprint density at radius 3 is 2.88 bits per heavy atom. The van der Waals surface area contributed by atoms with Gasteiger partial charge in [-0.15, -0.1) is 10.2 Å². The van der Waals surface area contributed by atoms with Crippen LogP contribution in [0.2, 0.25) is 0 Å². The lowest BCUT2D eigenvalue weighted by Gasteiger charge is -2.06. The summed E-state index contributed by atoms with van der Waals surface area (Å²) >= 11 is 0. The maximum atomic E-state index is 5.61. The predicted octanol–water partition coefficient (Wildman–Crippen LogP) is 1.85. The molecule has 4 heteroatoms. The molecule has 2 aromatic heterocycles. The number of hydrogen-bond acceptors (Lipinski definition) is 3. The van der Waals surface area contributed by atoms with Crippen LogP contribution in [0.5, 0.6) is 0 Å². The smallest absolute Gasteiger partial charge is 0.161 e. The van der Waals surface area contributed by atoms with Gasteiger partial charge in [-0.05, 0) is 30.5 Å². The molecule has 16 heavy (non-hydrogen) atoms. The minimum atomic E-state index is 0.558. The van der Waals surface area contributed by atoms with E-state index in [1.165, 1.54) is 25.7 Å². The normalized spacial score (nSPS) is 17.3. The Bertz CT molecular complexity index is 497. The van der Waals surface area contributed by atoms with E-state index in [9.17, 15) is 0 Å². The van der Waals surface area contributed by atoms with Gasteiger partial charge in [-0.25, -0.2) is 0 Å². The zero-order valence-electron chi connectivity index (χ0n) is 9.26. The summed E-state index contributed by atoms with van der Waals surface area (Å²) in [6.45, 7) is 0.558. The molecule has 0 radical (unpaired) electrons. The number of pyridine rings is 1. The van der Waals surface area contributed by atoms with Crippen molar-refractivity contribution < 1.29 is 0 Å². The third-order valence-electron chi connectivity index (χ3n) is 3.46. The molecule has 0 atom stereocenters. The summed E-state index contributed by atoms with van der Waals surface area (Å²) in [5.74, 6) is 1.72. The second-order valence-corrected chi connectivity index (χ2v) is 4.51. The van der Waals surface area contributed by atoms with E-state index in [1.54, 1.807) is 0 Å². The van der Waals surface area contributed by atoms with Crippen LogP contribution >= 0.6 is 0 Å². The molecule has 0 bridgehead atoms. The van der Waals surface area contributed by atoms with Crippen LogP contribution in [0.15, 0.2) is 18.3 Å². The summed E-state index contributed by atoms with van der Waals surface area (Å²) in [6, 6.07) is 4.07. The molecule has 2 heterocycles. The number of rotatable bonds is 2. The van der Waals surface area contributed by atoms with Crippen molar-refractivity contribution >= 4 is 5.65 Å². The Kier molecular flexibility index (Phi) is 2.36. The fraction of sp³-hybridized carbons (Fsp3) is 0.500. The molecular weight excluding hydrogens is 200 g/mol. The Balaban J connectivity index is 2.06. The molecule has 0 saturated heterocycles. The quantitative estimate of drug-likeness (QED) is 0.833. The molecule has 3 rings (SSSR count). The molecule has 84 valence electrons.